The van der Waals surface area contributed by atoms with Crippen molar-refractivity contribution in [3.63, 3.8) is 0 Å². The minimum atomic E-state index is -0.121. The molecule has 0 N–H and O–H groups in total. The highest BCUT2D eigenvalue weighted by molar-refractivity contribution is 6.21. The highest BCUT2D eigenvalue weighted by atomic mass is 35.5. The number of aryl methyl sites for hydroxylation is 2. The summed E-state index contributed by atoms with van der Waals surface area (Å²) < 4.78 is 5.74. The molecule has 1 heterocycles. The Labute approximate surface area is 123 Å². The molecule has 0 bridgehead atoms. The summed E-state index contributed by atoms with van der Waals surface area (Å²) in [6, 6.07) is 14.0. The number of benzene rings is 2. The maximum absolute atomic E-state index is 6.58. The third kappa shape index (κ3) is 2.44. The zero-order chi connectivity index (χ0) is 14.1. The van der Waals surface area contributed by atoms with Crippen molar-refractivity contribution in [2.75, 3.05) is 0 Å². The average molecular weight is 286 g/mol. The number of oxazole rings is 1. The van der Waals surface area contributed by atoms with Gasteiger partial charge in [0.15, 0.2) is 11.5 Å². The lowest BCUT2D eigenvalue weighted by molar-refractivity contribution is 0.524. The molecule has 0 aliphatic carbocycles. The molecule has 0 fully saturated rings. The average Bonchev–Trinajstić information content (AvgIpc) is 2.80. The molecule has 2 aromatic carbocycles. The van der Waals surface area contributed by atoms with E-state index in [2.05, 4.69) is 37.0 Å². The van der Waals surface area contributed by atoms with Gasteiger partial charge in [0.1, 0.15) is 5.52 Å². The largest absolute Gasteiger partial charge is 0.441 e. The van der Waals surface area contributed by atoms with E-state index < -0.39 is 0 Å². The third-order valence-corrected chi connectivity index (χ3v) is 3.92. The van der Waals surface area contributed by atoms with E-state index in [4.69, 9.17) is 16.0 Å². The summed E-state index contributed by atoms with van der Waals surface area (Å²) in [4.78, 5) is 4.49. The molecule has 3 aromatic rings. The number of aromatic nitrogens is 1. The summed E-state index contributed by atoms with van der Waals surface area (Å²) in [7, 11) is 0. The highest BCUT2D eigenvalue weighted by Gasteiger charge is 2.17. The zero-order valence-electron chi connectivity index (χ0n) is 11.6. The third-order valence-electron chi connectivity index (χ3n) is 3.55. The van der Waals surface area contributed by atoms with Gasteiger partial charge >= 0.3 is 0 Å². The van der Waals surface area contributed by atoms with Gasteiger partial charge < -0.3 is 4.42 Å². The van der Waals surface area contributed by atoms with E-state index in [1.54, 1.807) is 0 Å². The van der Waals surface area contributed by atoms with Crippen molar-refractivity contribution in [2.24, 2.45) is 0 Å². The van der Waals surface area contributed by atoms with Crippen molar-refractivity contribution in [3.8, 4) is 0 Å². The minimum Gasteiger partial charge on any atom is -0.441 e. The molecule has 3 rings (SSSR count). The molecule has 0 amide bonds. The fourth-order valence-electron chi connectivity index (χ4n) is 2.58. The van der Waals surface area contributed by atoms with Crippen LogP contribution in [0.4, 0.5) is 0 Å². The first-order chi connectivity index (χ1) is 9.65. The van der Waals surface area contributed by atoms with Crippen LogP contribution in [0.5, 0.6) is 0 Å². The zero-order valence-corrected chi connectivity index (χ0v) is 12.3. The Morgan fingerprint density at radius 1 is 1.05 bits per heavy atom. The number of fused-ring (bicyclic) bond motifs is 1. The SMILES string of the molecule is Cc1cccc(C)c1C(Cl)Cc1nc2ccccc2o1. The number of rotatable bonds is 3. The molecular formula is C17H16ClNO. The van der Waals surface area contributed by atoms with Gasteiger partial charge in [-0.15, -0.1) is 11.6 Å². The van der Waals surface area contributed by atoms with Crippen LogP contribution in [-0.2, 0) is 6.42 Å². The number of para-hydroxylation sites is 2. The first kappa shape index (κ1) is 13.2. The molecule has 0 aliphatic heterocycles. The molecule has 1 atom stereocenters. The lowest BCUT2D eigenvalue weighted by Gasteiger charge is -2.14. The molecule has 20 heavy (non-hydrogen) atoms. The number of halogens is 1. The standard InChI is InChI=1S/C17H16ClNO/c1-11-6-5-7-12(2)17(11)13(18)10-16-19-14-8-3-4-9-15(14)20-16/h3-9,13H,10H2,1-2H3. The van der Waals surface area contributed by atoms with Crippen molar-refractivity contribution in [1.29, 1.82) is 0 Å². The Kier molecular flexibility index (Phi) is 3.49. The van der Waals surface area contributed by atoms with Crippen molar-refractivity contribution in [2.45, 2.75) is 25.6 Å². The Balaban J connectivity index is 1.90. The second-order valence-electron chi connectivity index (χ2n) is 5.05. The van der Waals surface area contributed by atoms with Crippen molar-refractivity contribution in [3.05, 3.63) is 65.0 Å². The van der Waals surface area contributed by atoms with Gasteiger partial charge in [-0.2, -0.15) is 0 Å². The summed E-state index contributed by atoms with van der Waals surface area (Å²) in [5.74, 6) is 0.689. The molecule has 0 saturated heterocycles. The molecule has 0 saturated carbocycles. The Morgan fingerprint density at radius 3 is 2.45 bits per heavy atom. The van der Waals surface area contributed by atoms with Crippen LogP contribution < -0.4 is 0 Å². The van der Waals surface area contributed by atoms with Gasteiger partial charge in [-0.1, -0.05) is 30.3 Å². The Bertz CT molecular complexity index is 694. The van der Waals surface area contributed by atoms with Gasteiger partial charge in [0, 0.05) is 6.42 Å². The van der Waals surface area contributed by atoms with Crippen molar-refractivity contribution in [1.82, 2.24) is 4.98 Å². The molecule has 1 unspecified atom stereocenters. The van der Waals surface area contributed by atoms with Gasteiger partial charge in [0.05, 0.1) is 5.38 Å². The van der Waals surface area contributed by atoms with Gasteiger partial charge in [0.25, 0.3) is 0 Å². The molecular weight excluding hydrogens is 270 g/mol. The summed E-state index contributed by atoms with van der Waals surface area (Å²) >= 11 is 6.58. The fourth-order valence-corrected chi connectivity index (χ4v) is 3.06. The van der Waals surface area contributed by atoms with Crippen LogP contribution in [0, 0.1) is 13.8 Å². The van der Waals surface area contributed by atoms with Crippen LogP contribution in [0.1, 0.15) is 28.0 Å². The molecule has 0 aliphatic rings. The quantitative estimate of drug-likeness (QED) is 0.635. The number of nitrogens with zero attached hydrogens (tertiary/aromatic N) is 1. The van der Waals surface area contributed by atoms with Crippen LogP contribution in [0.2, 0.25) is 0 Å². The lowest BCUT2D eigenvalue weighted by atomic mass is 9.98. The summed E-state index contributed by atoms with van der Waals surface area (Å²) in [6.07, 6.45) is 0.599. The minimum absolute atomic E-state index is 0.121. The van der Waals surface area contributed by atoms with E-state index in [1.807, 2.05) is 24.3 Å². The number of hydrogen-bond donors (Lipinski definition) is 0. The smallest absolute Gasteiger partial charge is 0.197 e. The highest BCUT2D eigenvalue weighted by Crippen LogP contribution is 2.30. The van der Waals surface area contributed by atoms with Gasteiger partial charge in [-0.3, -0.25) is 0 Å². The van der Waals surface area contributed by atoms with E-state index in [0.29, 0.717) is 12.3 Å². The molecule has 102 valence electrons. The van der Waals surface area contributed by atoms with E-state index in [9.17, 15) is 0 Å². The Morgan fingerprint density at radius 2 is 1.75 bits per heavy atom. The van der Waals surface area contributed by atoms with E-state index >= 15 is 0 Å². The maximum Gasteiger partial charge on any atom is 0.197 e. The lowest BCUT2D eigenvalue weighted by Crippen LogP contribution is -2.01. The van der Waals surface area contributed by atoms with Gasteiger partial charge in [-0.25, -0.2) is 4.98 Å². The predicted octanol–water partition coefficient (Wildman–Crippen LogP) is 4.97. The molecule has 1 aromatic heterocycles. The Hall–Kier alpha value is -1.80. The monoisotopic (exact) mass is 285 g/mol. The molecule has 0 spiro atoms. The first-order valence-electron chi connectivity index (χ1n) is 6.70. The van der Waals surface area contributed by atoms with Crippen LogP contribution >= 0.6 is 11.6 Å². The van der Waals surface area contributed by atoms with Gasteiger partial charge in [-0.05, 0) is 42.7 Å². The summed E-state index contributed by atoms with van der Waals surface area (Å²) in [6.45, 7) is 4.17. The topological polar surface area (TPSA) is 26.0 Å². The van der Waals surface area contributed by atoms with Crippen LogP contribution in [0.3, 0.4) is 0 Å². The van der Waals surface area contributed by atoms with Crippen molar-refractivity contribution < 1.29 is 4.42 Å². The van der Waals surface area contributed by atoms with Crippen LogP contribution in [-0.4, -0.2) is 4.98 Å². The summed E-state index contributed by atoms with van der Waals surface area (Å²) in [5.41, 5.74) is 5.29. The second-order valence-corrected chi connectivity index (χ2v) is 5.58. The maximum atomic E-state index is 6.58. The number of alkyl halides is 1. The predicted molar refractivity (Wildman–Crippen MR) is 82.2 cm³/mol. The van der Waals surface area contributed by atoms with Crippen LogP contribution in [0.25, 0.3) is 11.1 Å². The molecule has 2 nitrogen and oxygen atoms in total. The second kappa shape index (κ2) is 5.29. The molecule has 0 radical (unpaired) electrons. The summed E-state index contributed by atoms with van der Waals surface area (Å²) in [5, 5.41) is -0.121. The normalized spacial score (nSPS) is 12.8. The van der Waals surface area contributed by atoms with Crippen molar-refractivity contribution >= 4 is 22.7 Å². The fraction of sp³-hybridized carbons (Fsp3) is 0.235. The van der Waals surface area contributed by atoms with E-state index in [0.717, 1.165) is 11.1 Å². The molecule has 3 heteroatoms. The van der Waals surface area contributed by atoms with Gasteiger partial charge in [0.2, 0.25) is 0 Å². The van der Waals surface area contributed by atoms with E-state index in [1.165, 1.54) is 16.7 Å². The van der Waals surface area contributed by atoms with Crippen LogP contribution in [0.15, 0.2) is 46.9 Å². The first-order valence-corrected chi connectivity index (χ1v) is 7.13. The van der Waals surface area contributed by atoms with E-state index in [-0.39, 0.29) is 5.38 Å². The number of hydrogen-bond acceptors (Lipinski definition) is 2.